The van der Waals surface area contributed by atoms with Crippen LogP contribution in [0, 0.1) is 0 Å². The molecule has 0 aliphatic carbocycles. The molecule has 0 rings (SSSR count). The van der Waals surface area contributed by atoms with E-state index in [0.29, 0.717) is 0 Å². The van der Waals surface area contributed by atoms with E-state index in [1.165, 1.54) is 5.57 Å². The number of allylic oxidation sites excluding steroid dienone is 1. The quantitative estimate of drug-likeness (QED) is 0.596. The SMILES string of the molecule is CCC=C(CC)CNC(C)CO. The monoisotopic (exact) mass is 171 g/mol. The molecule has 0 fully saturated rings. The number of nitrogens with one attached hydrogen (secondary N) is 1. The largest absolute Gasteiger partial charge is 0.395 e. The Kier molecular flexibility index (Phi) is 7.11. The van der Waals surface area contributed by atoms with E-state index in [4.69, 9.17) is 5.11 Å². The van der Waals surface area contributed by atoms with Gasteiger partial charge >= 0.3 is 0 Å². The Bertz CT molecular complexity index is 132. The molecular formula is C10H21NO. The summed E-state index contributed by atoms with van der Waals surface area (Å²) in [6.45, 7) is 7.41. The van der Waals surface area contributed by atoms with Gasteiger partial charge in [-0.15, -0.1) is 0 Å². The summed E-state index contributed by atoms with van der Waals surface area (Å²) in [5.41, 5.74) is 1.43. The van der Waals surface area contributed by atoms with Crippen molar-refractivity contribution in [2.24, 2.45) is 0 Å². The number of aliphatic hydroxyl groups is 1. The van der Waals surface area contributed by atoms with Gasteiger partial charge in [-0.1, -0.05) is 25.5 Å². The third-order valence-corrected chi connectivity index (χ3v) is 1.90. The maximum absolute atomic E-state index is 8.77. The summed E-state index contributed by atoms with van der Waals surface area (Å²) >= 11 is 0. The summed E-state index contributed by atoms with van der Waals surface area (Å²) in [4.78, 5) is 0. The van der Waals surface area contributed by atoms with Gasteiger partial charge in [-0.3, -0.25) is 0 Å². The van der Waals surface area contributed by atoms with E-state index in [0.717, 1.165) is 19.4 Å². The molecule has 0 saturated heterocycles. The van der Waals surface area contributed by atoms with Crippen LogP contribution in [0.15, 0.2) is 11.6 Å². The molecule has 0 amide bonds. The Balaban J connectivity index is 3.65. The molecule has 2 N–H and O–H groups in total. The van der Waals surface area contributed by atoms with Crippen LogP contribution < -0.4 is 5.32 Å². The van der Waals surface area contributed by atoms with Gasteiger partial charge in [-0.05, 0) is 19.8 Å². The molecule has 0 spiro atoms. The van der Waals surface area contributed by atoms with Crippen LogP contribution in [-0.2, 0) is 0 Å². The highest BCUT2D eigenvalue weighted by Gasteiger charge is 1.98. The van der Waals surface area contributed by atoms with Gasteiger partial charge in [0.15, 0.2) is 0 Å². The third-order valence-electron chi connectivity index (χ3n) is 1.90. The molecule has 2 heteroatoms. The van der Waals surface area contributed by atoms with E-state index >= 15 is 0 Å². The van der Waals surface area contributed by atoms with Gasteiger partial charge in [0, 0.05) is 12.6 Å². The molecule has 0 bridgehead atoms. The average molecular weight is 171 g/mol. The molecule has 0 aromatic heterocycles. The van der Waals surface area contributed by atoms with Crippen LogP contribution in [0.3, 0.4) is 0 Å². The van der Waals surface area contributed by atoms with E-state index in [1.54, 1.807) is 0 Å². The first kappa shape index (κ1) is 11.7. The molecule has 12 heavy (non-hydrogen) atoms. The highest BCUT2D eigenvalue weighted by molar-refractivity contribution is 5.03. The Hall–Kier alpha value is -0.340. The Morgan fingerprint density at radius 1 is 1.50 bits per heavy atom. The molecule has 0 aromatic rings. The van der Waals surface area contributed by atoms with Gasteiger partial charge in [0.25, 0.3) is 0 Å². The maximum Gasteiger partial charge on any atom is 0.0582 e. The predicted octanol–water partition coefficient (Wildman–Crippen LogP) is 1.70. The lowest BCUT2D eigenvalue weighted by Gasteiger charge is -2.11. The van der Waals surface area contributed by atoms with Gasteiger partial charge in [0.1, 0.15) is 0 Å². The summed E-state index contributed by atoms with van der Waals surface area (Å²) in [5, 5.41) is 12.0. The van der Waals surface area contributed by atoms with E-state index in [9.17, 15) is 0 Å². The molecule has 1 atom stereocenters. The van der Waals surface area contributed by atoms with Crippen molar-refractivity contribution in [3.8, 4) is 0 Å². The van der Waals surface area contributed by atoms with Crippen LogP contribution in [0.5, 0.6) is 0 Å². The predicted molar refractivity (Wildman–Crippen MR) is 53.2 cm³/mol. The van der Waals surface area contributed by atoms with E-state index in [-0.39, 0.29) is 12.6 Å². The van der Waals surface area contributed by atoms with Crippen LogP contribution in [0.4, 0.5) is 0 Å². The smallest absolute Gasteiger partial charge is 0.0582 e. The maximum atomic E-state index is 8.77. The fourth-order valence-corrected chi connectivity index (χ4v) is 1.00. The van der Waals surface area contributed by atoms with Crippen molar-refractivity contribution < 1.29 is 5.11 Å². The number of rotatable bonds is 6. The number of aliphatic hydroxyl groups excluding tert-OH is 1. The van der Waals surface area contributed by atoms with Crippen molar-refractivity contribution in [3.05, 3.63) is 11.6 Å². The Morgan fingerprint density at radius 3 is 2.58 bits per heavy atom. The summed E-state index contributed by atoms with van der Waals surface area (Å²) in [7, 11) is 0. The summed E-state index contributed by atoms with van der Waals surface area (Å²) in [5.74, 6) is 0. The minimum Gasteiger partial charge on any atom is -0.395 e. The second-order valence-electron chi connectivity index (χ2n) is 3.09. The Morgan fingerprint density at radius 2 is 2.17 bits per heavy atom. The minimum absolute atomic E-state index is 0.205. The molecule has 0 radical (unpaired) electrons. The first-order chi connectivity index (χ1) is 5.74. The number of hydrogen-bond donors (Lipinski definition) is 2. The van der Waals surface area contributed by atoms with Crippen molar-refractivity contribution in [3.63, 3.8) is 0 Å². The van der Waals surface area contributed by atoms with Crippen LogP contribution in [-0.4, -0.2) is 24.3 Å². The molecule has 72 valence electrons. The fraction of sp³-hybridized carbons (Fsp3) is 0.800. The standard InChI is InChI=1S/C10H21NO/c1-4-6-10(5-2)7-11-9(3)8-12/h6,9,11-12H,4-5,7-8H2,1-3H3. The van der Waals surface area contributed by atoms with E-state index < -0.39 is 0 Å². The van der Waals surface area contributed by atoms with Crippen molar-refractivity contribution in [1.82, 2.24) is 5.32 Å². The molecule has 0 aliphatic heterocycles. The van der Waals surface area contributed by atoms with Crippen LogP contribution in [0.25, 0.3) is 0 Å². The van der Waals surface area contributed by atoms with Gasteiger partial charge in [0.05, 0.1) is 6.61 Å². The lowest BCUT2D eigenvalue weighted by Crippen LogP contribution is -2.30. The summed E-state index contributed by atoms with van der Waals surface area (Å²) in [6, 6.07) is 0.205. The third kappa shape index (κ3) is 5.33. The number of hydrogen-bond acceptors (Lipinski definition) is 2. The highest BCUT2D eigenvalue weighted by atomic mass is 16.3. The molecule has 0 aliphatic rings. The molecule has 2 nitrogen and oxygen atoms in total. The first-order valence-corrected chi connectivity index (χ1v) is 4.76. The Labute approximate surface area is 75.7 Å². The second-order valence-corrected chi connectivity index (χ2v) is 3.09. The summed E-state index contributed by atoms with van der Waals surface area (Å²) < 4.78 is 0. The van der Waals surface area contributed by atoms with E-state index in [2.05, 4.69) is 25.2 Å². The lowest BCUT2D eigenvalue weighted by atomic mass is 10.1. The van der Waals surface area contributed by atoms with Crippen molar-refractivity contribution in [2.75, 3.05) is 13.2 Å². The zero-order valence-electron chi connectivity index (χ0n) is 8.43. The lowest BCUT2D eigenvalue weighted by molar-refractivity contribution is 0.254. The summed E-state index contributed by atoms with van der Waals surface area (Å²) in [6.07, 6.45) is 4.44. The zero-order chi connectivity index (χ0) is 9.40. The normalized spacial score (nSPS) is 14.8. The highest BCUT2D eigenvalue weighted by Crippen LogP contribution is 2.00. The van der Waals surface area contributed by atoms with Gasteiger partial charge in [0.2, 0.25) is 0 Å². The zero-order valence-corrected chi connectivity index (χ0v) is 8.43. The van der Waals surface area contributed by atoms with Gasteiger partial charge < -0.3 is 10.4 Å². The van der Waals surface area contributed by atoms with Crippen molar-refractivity contribution in [2.45, 2.75) is 39.7 Å². The van der Waals surface area contributed by atoms with E-state index in [1.807, 2.05) is 6.92 Å². The van der Waals surface area contributed by atoms with Gasteiger partial charge in [-0.2, -0.15) is 0 Å². The van der Waals surface area contributed by atoms with Crippen LogP contribution in [0.1, 0.15) is 33.6 Å². The fourth-order valence-electron chi connectivity index (χ4n) is 1.00. The molecule has 0 aromatic carbocycles. The topological polar surface area (TPSA) is 32.3 Å². The van der Waals surface area contributed by atoms with Crippen LogP contribution in [0.2, 0.25) is 0 Å². The van der Waals surface area contributed by atoms with Gasteiger partial charge in [-0.25, -0.2) is 0 Å². The molecule has 0 saturated carbocycles. The molecule has 1 unspecified atom stereocenters. The molecule has 0 heterocycles. The second kappa shape index (κ2) is 7.32. The first-order valence-electron chi connectivity index (χ1n) is 4.76. The van der Waals surface area contributed by atoms with Crippen molar-refractivity contribution in [1.29, 1.82) is 0 Å². The average Bonchev–Trinajstić information content (AvgIpc) is 2.11. The minimum atomic E-state index is 0.205. The molecular weight excluding hydrogens is 150 g/mol. The van der Waals surface area contributed by atoms with Crippen molar-refractivity contribution >= 4 is 0 Å². The van der Waals surface area contributed by atoms with Crippen LogP contribution >= 0.6 is 0 Å².